The number of amides is 10. The molecule has 2 aliphatic rings. The molecule has 0 radical (unpaired) electrons. The highest BCUT2D eigenvalue weighted by molar-refractivity contribution is 6.74. The molecule has 120 heavy (non-hydrogen) atoms. The highest BCUT2D eigenvalue weighted by Gasteiger charge is 2.42. The first-order chi connectivity index (χ1) is 56.4. The molecule has 0 saturated heterocycles. The van der Waals surface area contributed by atoms with Crippen LogP contribution in [0.1, 0.15) is 174 Å². The monoisotopic (exact) mass is 1700 g/mol. The van der Waals surface area contributed by atoms with Crippen LogP contribution in [-0.4, -0.2) is 190 Å². The van der Waals surface area contributed by atoms with Crippen LogP contribution in [0.5, 0.6) is 23.0 Å². The number of unbranched alkanes of at least 4 members (excludes halogenated alkanes) is 2. The Balaban J connectivity index is 1.12. The predicted molar refractivity (Wildman–Crippen MR) is 464 cm³/mol. The van der Waals surface area contributed by atoms with Crippen LogP contribution < -0.4 is 61.5 Å². The number of nitrogens with one attached hydrogen (secondary N) is 8. The molecule has 0 spiro atoms. The standard InChI is InChI=1S/C87H128N10O21Si2/c1-23-36-113-85(107)95-76(55(4)5)79(101)89-59(10)77(99)90-62-31-27-60(28-32-62)50-115-83(105)92-68-46-72(70(108-17)44-66(68)80(102)96-48-57(8)42-64(96)52-117-119(19,20)86(11,12)13)111-37-25-24-26-38-112-73-47-69(67(45-71(73)109-18)81(103)97-49-58(9)43-65(97)53-118-120(21,22)87(14,15)16)93-84(106)116-51-61-29-33-63(34-30-61)91-82(104)114-41-40-110-39-35-74(98)94-75(54(2)3)78(100)88-56(6)7/h23,27-34,44-49,54-56,59,64-65,75-76H,1,24-26,35-43,50-53H2,2-22H3,(H,88,100)(H,89,101)(H,90,99)(H,91,104)(H,92,105)(H,93,106)(H,94,98)(H,95,107)/t59-,64+,65+,75-,76-/m1/s1. The summed E-state index contributed by atoms with van der Waals surface area (Å²) < 4.78 is 64.9. The molecule has 2 heterocycles. The number of ether oxygens (including phenoxy) is 9. The summed E-state index contributed by atoms with van der Waals surface area (Å²) in [6, 6.07) is 15.7. The van der Waals surface area contributed by atoms with Gasteiger partial charge in [-0.15, -0.1) is 0 Å². The smallest absolute Gasteiger partial charge is 0.411 e. The molecule has 0 aliphatic carbocycles. The molecule has 660 valence electrons. The molecular formula is C87H128N10O21Si2. The summed E-state index contributed by atoms with van der Waals surface area (Å²) in [7, 11) is -1.59. The molecule has 0 bridgehead atoms. The van der Waals surface area contributed by atoms with Gasteiger partial charge < -0.3 is 87.9 Å². The molecule has 33 heteroatoms. The van der Waals surface area contributed by atoms with Crippen molar-refractivity contribution < 1.29 is 99.4 Å². The average Bonchev–Trinajstić information content (AvgIpc) is 1.66. The molecule has 10 amide bonds. The van der Waals surface area contributed by atoms with Crippen molar-refractivity contribution in [3.8, 4) is 23.0 Å². The lowest BCUT2D eigenvalue weighted by Gasteiger charge is -2.38. The minimum atomic E-state index is -2.25. The first kappa shape index (κ1) is 98.3. The van der Waals surface area contributed by atoms with E-state index in [1.807, 2.05) is 41.5 Å². The Morgan fingerprint density at radius 1 is 0.492 bits per heavy atom. The zero-order chi connectivity index (χ0) is 89.0. The number of anilines is 4. The lowest BCUT2D eigenvalue weighted by atomic mass is 10.0. The van der Waals surface area contributed by atoms with E-state index >= 15 is 0 Å². The minimum absolute atomic E-state index is 0.00534. The summed E-state index contributed by atoms with van der Waals surface area (Å²) >= 11 is 0. The van der Waals surface area contributed by atoms with E-state index in [9.17, 15) is 47.9 Å². The van der Waals surface area contributed by atoms with Crippen molar-refractivity contribution in [1.82, 2.24) is 31.1 Å². The molecule has 8 N–H and O–H groups in total. The van der Waals surface area contributed by atoms with E-state index in [0.717, 1.165) is 11.1 Å². The first-order valence-corrected chi connectivity index (χ1v) is 46.6. The summed E-state index contributed by atoms with van der Waals surface area (Å²) in [5.41, 5.74) is 4.19. The fourth-order valence-corrected chi connectivity index (χ4v) is 14.0. The van der Waals surface area contributed by atoms with Gasteiger partial charge in [-0.25, -0.2) is 19.2 Å². The van der Waals surface area contributed by atoms with E-state index in [2.05, 4.69) is 117 Å². The van der Waals surface area contributed by atoms with E-state index in [1.165, 1.54) is 51.5 Å². The number of methoxy groups -OCH3 is 2. The second kappa shape index (κ2) is 45.8. The Bertz CT molecular complexity index is 4250. The van der Waals surface area contributed by atoms with Gasteiger partial charge in [0, 0.05) is 48.4 Å². The normalized spacial score (nSPS) is 14.9. The van der Waals surface area contributed by atoms with Gasteiger partial charge >= 0.3 is 24.4 Å². The fraction of sp³-hybridized carbons (Fsp3) is 0.540. The molecule has 4 aromatic carbocycles. The van der Waals surface area contributed by atoms with Gasteiger partial charge in [0.25, 0.3) is 11.8 Å². The Hall–Kier alpha value is -10.5. The van der Waals surface area contributed by atoms with Crippen molar-refractivity contribution >= 4 is 99.2 Å². The molecule has 0 saturated carbocycles. The lowest BCUT2D eigenvalue weighted by molar-refractivity contribution is -0.130. The van der Waals surface area contributed by atoms with E-state index in [1.54, 1.807) is 84.6 Å². The second-order valence-corrected chi connectivity index (χ2v) is 43.6. The van der Waals surface area contributed by atoms with Gasteiger partial charge in [-0.2, -0.15) is 0 Å². The van der Waals surface area contributed by atoms with Gasteiger partial charge in [0.05, 0.1) is 88.4 Å². The highest BCUT2D eigenvalue weighted by atomic mass is 28.4. The third kappa shape index (κ3) is 30.3. The molecule has 31 nitrogen and oxygen atoms in total. The van der Waals surface area contributed by atoms with Gasteiger partial charge in [-0.1, -0.05) is 117 Å². The summed E-state index contributed by atoms with van der Waals surface area (Å²) in [5.74, 6) is -2.14. The van der Waals surface area contributed by atoms with Crippen molar-refractivity contribution in [2.24, 2.45) is 11.8 Å². The highest BCUT2D eigenvalue weighted by Crippen LogP contribution is 2.42. The lowest BCUT2D eigenvalue weighted by Crippen LogP contribution is -2.53. The van der Waals surface area contributed by atoms with Crippen LogP contribution in [0.25, 0.3) is 0 Å². The Kier molecular flexibility index (Phi) is 37.5. The van der Waals surface area contributed by atoms with Crippen LogP contribution >= 0.6 is 0 Å². The molecule has 0 aromatic heterocycles. The number of benzene rings is 4. The number of carbonyl (C=O) groups is 10. The third-order valence-corrected chi connectivity index (χ3v) is 29.9. The van der Waals surface area contributed by atoms with Crippen LogP contribution in [0.4, 0.5) is 41.9 Å². The largest absolute Gasteiger partial charge is 0.493 e. The number of rotatable bonds is 43. The van der Waals surface area contributed by atoms with Crippen molar-refractivity contribution in [2.45, 2.75) is 228 Å². The maximum atomic E-state index is 15.0. The van der Waals surface area contributed by atoms with E-state index < -0.39 is 82.8 Å². The minimum Gasteiger partial charge on any atom is -0.493 e. The van der Waals surface area contributed by atoms with Crippen LogP contribution in [-0.2, 0) is 64.9 Å². The van der Waals surface area contributed by atoms with E-state index in [0.29, 0.717) is 61.2 Å². The molecule has 0 fully saturated rings. The quantitative estimate of drug-likeness (QED) is 0.00883. The Morgan fingerprint density at radius 2 is 0.925 bits per heavy atom. The fourth-order valence-electron chi connectivity index (χ4n) is 11.9. The van der Waals surface area contributed by atoms with Gasteiger partial charge in [0.2, 0.25) is 23.6 Å². The molecule has 2 aliphatic heterocycles. The molecular weight excluding hydrogens is 1580 g/mol. The van der Waals surface area contributed by atoms with Crippen LogP contribution in [0.15, 0.2) is 109 Å². The second-order valence-electron chi connectivity index (χ2n) is 33.9. The van der Waals surface area contributed by atoms with Crippen molar-refractivity contribution in [2.75, 3.05) is 88.3 Å². The van der Waals surface area contributed by atoms with Crippen LogP contribution in [0, 0.1) is 11.8 Å². The molecule has 5 atom stereocenters. The van der Waals surface area contributed by atoms with Crippen molar-refractivity contribution in [3.05, 3.63) is 131 Å². The average molecular weight is 1710 g/mol. The van der Waals surface area contributed by atoms with Crippen molar-refractivity contribution in [3.63, 3.8) is 0 Å². The first-order valence-electron chi connectivity index (χ1n) is 40.7. The topological polar surface area (TPSA) is 375 Å². The zero-order valence-electron chi connectivity index (χ0n) is 73.8. The Morgan fingerprint density at radius 3 is 1.35 bits per heavy atom. The van der Waals surface area contributed by atoms with Crippen LogP contribution in [0.3, 0.4) is 0 Å². The van der Waals surface area contributed by atoms with Crippen LogP contribution in [0.2, 0.25) is 36.3 Å². The summed E-state index contributed by atoms with van der Waals surface area (Å²) in [5, 5.41) is 21.5. The van der Waals surface area contributed by atoms with Gasteiger partial charge in [0.15, 0.2) is 39.6 Å². The molecule has 4 aromatic rings. The van der Waals surface area contributed by atoms with E-state index in [-0.39, 0.29) is 163 Å². The van der Waals surface area contributed by atoms with Gasteiger partial charge in [-0.3, -0.25) is 44.7 Å². The number of hydrogen-bond donors (Lipinski definition) is 8. The summed E-state index contributed by atoms with van der Waals surface area (Å²) in [4.78, 5) is 137. The van der Waals surface area contributed by atoms with E-state index in [4.69, 9.17) is 51.5 Å². The summed E-state index contributed by atoms with van der Waals surface area (Å²) in [6.07, 6.45) is 4.38. The maximum absolute atomic E-state index is 15.0. The predicted octanol–water partition coefficient (Wildman–Crippen LogP) is 15.1. The number of nitrogens with zero attached hydrogens (tertiary/aromatic N) is 2. The van der Waals surface area contributed by atoms with Crippen molar-refractivity contribution in [1.29, 1.82) is 0 Å². The number of alkyl carbamates (subject to hydrolysis) is 1. The number of carbonyl (C=O) groups excluding carboxylic acids is 10. The molecule has 0 unspecified atom stereocenters. The van der Waals surface area contributed by atoms with Gasteiger partial charge in [0.1, 0.15) is 44.6 Å². The number of hydrogen-bond acceptors (Lipinski definition) is 21. The van der Waals surface area contributed by atoms with Gasteiger partial charge in [-0.05, 0) is 162 Å². The maximum Gasteiger partial charge on any atom is 0.411 e. The molecule has 6 rings (SSSR count). The third-order valence-electron chi connectivity index (χ3n) is 20.9. The zero-order valence-corrected chi connectivity index (χ0v) is 75.8. The summed E-state index contributed by atoms with van der Waals surface area (Å²) in [6.45, 7) is 41.7. The SMILES string of the molecule is C=CCOC(=O)N[C@@H](C(=O)N[C@H](C)C(=O)Nc1ccc(COC(=O)Nc2cc(OCCCCCOc3cc(NC(=O)OCc4ccc(NC(=O)OCCOCCC(=O)N[C@@H](C(=O)NC(C)C)C(C)C)cc4)c(C(=O)N4C=C(C)C[C@H]4CO[Si](C)(C)C(C)(C)C)cc3OC)c(OC)cc2C(=O)N2C=C(C)C[C@H]2CO[Si](C)(C)C(C)(C)C)cc1)C(C)C. The Labute approximate surface area is 708 Å².